The van der Waals surface area contributed by atoms with Crippen LogP contribution in [0.1, 0.15) is 21.5 Å². The zero-order chi connectivity index (χ0) is 29.7. The number of benzene rings is 3. The van der Waals surface area contributed by atoms with Crippen LogP contribution in [-0.2, 0) is 19.8 Å². The Labute approximate surface area is 239 Å². The van der Waals surface area contributed by atoms with Crippen molar-refractivity contribution in [2.45, 2.75) is 12.7 Å². The zero-order valence-electron chi connectivity index (χ0n) is 22.4. The summed E-state index contributed by atoms with van der Waals surface area (Å²) in [6.45, 7) is 0.254. The predicted octanol–water partition coefficient (Wildman–Crippen LogP) is 7.31. The van der Waals surface area contributed by atoms with Gasteiger partial charge in [0.25, 0.3) is 5.91 Å². The fourth-order valence-electron chi connectivity index (χ4n) is 4.35. The van der Waals surface area contributed by atoms with Gasteiger partial charge in [0.15, 0.2) is 0 Å². The number of nitrogens with one attached hydrogen (secondary N) is 2. The standard InChI is InChI=1S/C32H25F3N4O3/c1-39-20-26(38-30(40)28-5-3-2-4-27(28)24-10-12-25(13-11-24)32(33,34)35)18-29(39)42-31(41)37-19-21-6-8-22(9-7-21)23-14-16-36-17-15-23/h2-18,20H,19H2,1H3,(H,37,41)(H,38,40). The fraction of sp³-hybridized carbons (Fsp3) is 0.0938. The molecule has 5 rings (SSSR count). The highest BCUT2D eigenvalue weighted by molar-refractivity contribution is 6.08. The molecule has 7 nitrogen and oxygen atoms in total. The molecule has 3 aromatic carbocycles. The number of carbonyl (C=O) groups excluding carboxylic acids is 2. The van der Waals surface area contributed by atoms with Crippen molar-refractivity contribution >= 4 is 17.7 Å². The van der Waals surface area contributed by atoms with E-state index in [0.29, 0.717) is 16.8 Å². The van der Waals surface area contributed by atoms with Crippen LogP contribution < -0.4 is 15.4 Å². The number of halogens is 3. The highest BCUT2D eigenvalue weighted by Crippen LogP contribution is 2.32. The van der Waals surface area contributed by atoms with Crippen molar-refractivity contribution in [2.24, 2.45) is 7.05 Å². The lowest BCUT2D eigenvalue weighted by atomic mass is 9.98. The molecule has 0 fully saturated rings. The first-order valence-electron chi connectivity index (χ1n) is 12.9. The maximum Gasteiger partial charge on any atom is 0.416 e. The van der Waals surface area contributed by atoms with Crippen molar-refractivity contribution < 1.29 is 27.5 Å². The number of pyridine rings is 1. The quantitative estimate of drug-likeness (QED) is 0.215. The first kappa shape index (κ1) is 28.2. The summed E-state index contributed by atoms with van der Waals surface area (Å²) in [5.74, 6) is -0.269. The number of aromatic nitrogens is 2. The van der Waals surface area contributed by atoms with E-state index in [1.54, 1.807) is 54.5 Å². The van der Waals surface area contributed by atoms with E-state index in [9.17, 15) is 22.8 Å². The third-order valence-electron chi connectivity index (χ3n) is 6.51. The Morgan fingerprint density at radius 1 is 0.857 bits per heavy atom. The molecule has 42 heavy (non-hydrogen) atoms. The van der Waals surface area contributed by atoms with Crippen molar-refractivity contribution in [1.82, 2.24) is 14.9 Å². The molecule has 2 aromatic heterocycles. The Morgan fingerprint density at radius 3 is 2.19 bits per heavy atom. The molecule has 0 atom stereocenters. The molecule has 0 saturated heterocycles. The molecule has 0 unspecified atom stereocenters. The molecule has 0 spiro atoms. The van der Waals surface area contributed by atoms with Crippen LogP contribution in [0.2, 0.25) is 0 Å². The molecule has 0 bridgehead atoms. The van der Waals surface area contributed by atoms with E-state index in [4.69, 9.17) is 4.74 Å². The number of rotatable bonds is 7. The lowest BCUT2D eigenvalue weighted by Crippen LogP contribution is -2.26. The second-order valence-electron chi connectivity index (χ2n) is 9.43. The van der Waals surface area contributed by atoms with Gasteiger partial charge in [-0.15, -0.1) is 0 Å². The summed E-state index contributed by atoms with van der Waals surface area (Å²) < 4.78 is 45.9. The minimum atomic E-state index is -4.45. The number of nitrogens with zero attached hydrogens (tertiary/aromatic N) is 2. The summed E-state index contributed by atoms with van der Waals surface area (Å²) in [5, 5.41) is 5.47. The van der Waals surface area contributed by atoms with Crippen LogP contribution in [-0.4, -0.2) is 21.6 Å². The van der Waals surface area contributed by atoms with Crippen molar-refractivity contribution in [2.75, 3.05) is 5.32 Å². The predicted molar refractivity (Wildman–Crippen MR) is 153 cm³/mol. The molecule has 2 amide bonds. The first-order valence-corrected chi connectivity index (χ1v) is 12.9. The van der Waals surface area contributed by atoms with Crippen LogP contribution in [0.4, 0.5) is 23.7 Å². The van der Waals surface area contributed by atoms with Gasteiger partial charge in [-0.1, -0.05) is 54.6 Å². The number of aryl methyl sites for hydroxylation is 1. The van der Waals surface area contributed by atoms with Gasteiger partial charge in [0, 0.05) is 43.8 Å². The van der Waals surface area contributed by atoms with Crippen molar-refractivity contribution in [1.29, 1.82) is 0 Å². The van der Waals surface area contributed by atoms with Gasteiger partial charge in [-0.2, -0.15) is 13.2 Å². The zero-order valence-corrected chi connectivity index (χ0v) is 22.4. The maximum absolute atomic E-state index is 13.1. The normalized spacial score (nSPS) is 11.1. The van der Waals surface area contributed by atoms with Crippen molar-refractivity contribution in [3.8, 4) is 28.1 Å². The number of alkyl halides is 3. The summed E-state index contributed by atoms with van der Waals surface area (Å²) in [6, 6.07) is 24.3. The Kier molecular flexibility index (Phi) is 8.05. The molecule has 0 radical (unpaired) electrons. The second kappa shape index (κ2) is 12.0. The van der Waals surface area contributed by atoms with Gasteiger partial charge in [-0.05, 0) is 58.1 Å². The van der Waals surface area contributed by atoms with Gasteiger partial charge in [0.1, 0.15) is 0 Å². The summed E-state index contributed by atoms with van der Waals surface area (Å²) in [5.41, 5.74) is 3.78. The molecule has 2 heterocycles. The molecule has 0 aliphatic carbocycles. The van der Waals surface area contributed by atoms with Gasteiger partial charge in [0.2, 0.25) is 5.88 Å². The number of amides is 2. The lowest BCUT2D eigenvalue weighted by molar-refractivity contribution is -0.137. The van der Waals surface area contributed by atoms with E-state index in [0.717, 1.165) is 28.8 Å². The number of hydrogen-bond acceptors (Lipinski definition) is 4. The Hall–Kier alpha value is -5.38. The molecule has 0 saturated carbocycles. The highest BCUT2D eigenvalue weighted by atomic mass is 19.4. The van der Waals surface area contributed by atoms with E-state index in [2.05, 4.69) is 15.6 Å². The minimum Gasteiger partial charge on any atom is -0.393 e. The van der Waals surface area contributed by atoms with E-state index in [1.807, 2.05) is 36.4 Å². The van der Waals surface area contributed by atoms with Crippen LogP contribution in [0.25, 0.3) is 22.3 Å². The maximum atomic E-state index is 13.1. The number of ether oxygens (including phenoxy) is 1. The lowest BCUT2D eigenvalue weighted by Gasteiger charge is -2.11. The average Bonchev–Trinajstić information content (AvgIpc) is 3.34. The Balaban J connectivity index is 1.20. The Bertz CT molecular complexity index is 1700. The molecule has 0 aliphatic rings. The van der Waals surface area contributed by atoms with E-state index in [1.165, 1.54) is 18.2 Å². The average molecular weight is 571 g/mol. The molecular weight excluding hydrogens is 545 g/mol. The number of carbonyl (C=O) groups is 2. The number of anilines is 1. The van der Waals surface area contributed by atoms with Crippen LogP contribution >= 0.6 is 0 Å². The summed E-state index contributed by atoms with van der Waals surface area (Å²) in [4.78, 5) is 29.6. The first-order chi connectivity index (χ1) is 20.2. The SMILES string of the molecule is Cn1cc(NC(=O)c2ccccc2-c2ccc(C(F)(F)F)cc2)cc1OC(=O)NCc1ccc(-c2ccncc2)cc1. The van der Waals surface area contributed by atoms with E-state index < -0.39 is 23.7 Å². The minimum absolute atomic E-state index is 0.201. The van der Waals surface area contributed by atoms with Gasteiger partial charge in [-0.3, -0.25) is 9.78 Å². The van der Waals surface area contributed by atoms with E-state index >= 15 is 0 Å². The highest BCUT2D eigenvalue weighted by Gasteiger charge is 2.30. The van der Waals surface area contributed by atoms with Crippen molar-refractivity contribution in [3.05, 3.63) is 126 Å². The number of hydrogen-bond donors (Lipinski definition) is 2. The Morgan fingerprint density at radius 2 is 1.50 bits per heavy atom. The molecule has 2 N–H and O–H groups in total. The monoisotopic (exact) mass is 570 g/mol. The molecule has 0 aliphatic heterocycles. The van der Waals surface area contributed by atoms with Crippen LogP contribution in [0.5, 0.6) is 5.88 Å². The van der Waals surface area contributed by atoms with Crippen LogP contribution in [0.15, 0.2) is 110 Å². The van der Waals surface area contributed by atoms with Gasteiger partial charge in [0.05, 0.1) is 11.3 Å². The van der Waals surface area contributed by atoms with Crippen LogP contribution in [0, 0.1) is 0 Å². The van der Waals surface area contributed by atoms with Gasteiger partial charge in [-0.25, -0.2) is 4.79 Å². The topological polar surface area (TPSA) is 85.2 Å². The smallest absolute Gasteiger partial charge is 0.393 e. The van der Waals surface area contributed by atoms with E-state index in [-0.39, 0.29) is 18.0 Å². The summed E-state index contributed by atoms with van der Waals surface area (Å²) in [6.07, 6.45) is -0.0855. The van der Waals surface area contributed by atoms with Crippen LogP contribution in [0.3, 0.4) is 0 Å². The molecule has 10 heteroatoms. The summed E-state index contributed by atoms with van der Waals surface area (Å²) in [7, 11) is 1.66. The molecular formula is C32H25F3N4O3. The third kappa shape index (κ3) is 6.67. The fourth-order valence-corrected chi connectivity index (χ4v) is 4.35. The van der Waals surface area contributed by atoms with Gasteiger partial charge < -0.3 is 19.9 Å². The largest absolute Gasteiger partial charge is 0.416 e. The molecule has 212 valence electrons. The second-order valence-corrected chi connectivity index (χ2v) is 9.43. The van der Waals surface area contributed by atoms with Gasteiger partial charge >= 0.3 is 12.3 Å². The summed E-state index contributed by atoms with van der Waals surface area (Å²) >= 11 is 0. The molecule has 5 aromatic rings. The third-order valence-corrected chi connectivity index (χ3v) is 6.51. The van der Waals surface area contributed by atoms with Crippen molar-refractivity contribution in [3.63, 3.8) is 0 Å².